The average Bonchev–Trinajstić information content (AvgIpc) is 3.51. The Labute approximate surface area is 196 Å². The van der Waals surface area contributed by atoms with Gasteiger partial charge in [0.05, 0.1) is 36.0 Å². The SMILES string of the molecule is O=C(CSc1nncn1Cc1ccco1)N(/N=C/c1ccccc1)c1cccc(C(F)(F)F)c1. The molecule has 0 bridgehead atoms. The molecular formula is C23H18F3N5O2S. The Morgan fingerprint density at radius 1 is 1.12 bits per heavy atom. The summed E-state index contributed by atoms with van der Waals surface area (Å²) in [4.78, 5) is 13.1. The molecule has 0 aliphatic heterocycles. The molecule has 0 saturated carbocycles. The number of hydrogen-bond acceptors (Lipinski definition) is 6. The van der Waals surface area contributed by atoms with Crippen molar-refractivity contribution in [1.82, 2.24) is 14.8 Å². The molecule has 2 aromatic carbocycles. The molecule has 0 unspecified atom stereocenters. The maximum Gasteiger partial charge on any atom is 0.416 e. The molecule has 0 aliphatic rings. The minimum absolute atomic E-state index is 0.00431. The third kappa shape index (κ3) is 5.93. The van der Waals surface area contributed by atoms with Crippen LogP contribution in [0.5, 0.6) is 0 Å². The van der Waals surface area contributed by atoms with Gasteiger partial charge in [0.2, 0.25) is 0 Å². The molecule has 11 heteroatoms. The quantitative estimate of drug-likeness (QED) is 0.197. The first-order chi connectivity index (χ1) is 16.4. The van der Waals surface area contributed by atoms with Crippen LogP contribution < -0.4 is 5.01 Å². The van der Waals surface area contributed by atoms with Crippen LogP contribution in [-0.2, 0) is 17.5 Å². The lowest BCUT2D eigenvalue weighted by molar-refractivity contribution is -0.137. The number of hydrogen-bond donors (Lipinski definition) is 0. The Morgan fingerprint density at radius 3 is 2.68 bits per heavy atom. The summed E-state index contributed by atoms with van der Waals surface area (Å²) in [7, 11) is 0. The summed E-state index contributed by atoms with van der Waals surface area (Å²) in [6.45, 7) is 0.375. The van der Waals surface area contributed by atoms with Crippen LogP contribution in [0, 0.1) is 0 Å². The van der Waals surface area contributed by atoms with Gasteiger partial charge in [0.1, 0.15) is 12.1 Å². The van der Waals surface area contributed by atoms with Crippen LogP contribution in [0.2, 0.25) is 0 Å². The Balaban J connectivity index is 1.55. The number of amides is 1. The third-order valence-corrected chi connectivity index (χ3v) is 5.55. The Kier molecular flexibility index (Phi) is 7.12. The fourth-order valence-electron chi connectivity index (χ4n) is 2.98. The first-order valence-corrected chi connectivity index (χ1v) is 11.0. The summed E-state index contributed by atoms with van der Waals surface area (Å²) >= 11 is 1.10. The zero-order valence-electron chi connectivity index (χ0n) is 17.6. The van der Waals surface area contributed by atoms with Gasteiger partial charge in [0, 0.05) is 0 Å². The Bertz CT molecular complexity index is 1260. The van der Waals surface area contributed by atoms with Crippen molar-refractivity contribution >= 4 is 29.6 Å². The van der Waals surface area contributed by atoms with Gasteiger partial charge in [-0.25, -0.2) is 5.01 Å². The van der Waals surface area contributed by atoms with E-state index in [0.29, 0.717) is 23.0 Å². The second-order valence-corrected chi connectivity index (χ2v) is 7.96. The zero-order valence-corrected chi connectivity index (χ0v) is 18.4. The lowest BCUT2D eigenvalue weighted by Crippen LogP contribution is -2.28. The fraction of sp³-hybridized carbons (Fsp3) is 0.130. The molecule has 2 aromatic heterocycles. The van der Waals surface area contributed by atoms with Gasteiger partial charge in [-0.15, -0.1) is 10.2 Å². The molecule has 0 atom stereocenters. The minimum atomic E-state index is -4.55. The number of anilines is 1. The van der Waals surface area contributed by atoms with Crippen LogP contribution in [0.3, 0.4) is 0 Å². The number of carbonyl (C=O) groups is 1. The highest BCUT2D eigenvalue weighted by Crippen LogP contribution is 2.32. The summed E-state index contributed by atoms with van der Waals surface area (Å²) < 4.78 is 46.8. The number of alkyl halides is 3. The van der Waals surface area contributed by atoms with Gasteiger partial charge in [-0.3, -0.25) is 4.79 Å². The molecule has 0 spiro atoms. The van der Waals surface area contributed by atoms with Crippen molar-refractivity contribution in [2.24, 2.45) is 5.10 Å². The van der Waals surface area contributed by atoms with E-state index < -0.39 is 17.6 Å². The molecule has 0 fully saturated rings. The van der Waals surface area contributed by atoms with E-state index in [1.54, 1.807) is 47.2 Å². The Morgan fingerprint density at radius 2 is 1.94 bits per heavy atom. The van der Waals surface area contributed by atoms with E-state index in [1.165, 1.54) is 24.7 Å². The van der Waals surface area contributed by atoms with E-state index in [2.05, 4.69) is 15.3 Å². The standard InChI is InChI=1S/C23H18F3N5O2S/c24-23(25,26)18-8-4-9-19(12-18)31(28-13-17-6-2-1-3-7-17)21(32)15-34-22-29-27-16-30(22)14-20-10-5-11-33-20/h1-13,16H,14-15H2/b28-13+. The molecule has 0 saturated heterocycles. The Hall–Kier alpha value is -3.86. The van der Waals surface area contributed by atoms with Crippen LogP contribution >= 0.6 is 11.8 Å². The van der Waals surface area contributed by atoms with Gasteiger partial charge in [-0.2, -0.15) is 18.3 Å². The molecule has 7 nitrogen and oxygen atoms in total. The number of hydrazone groups is 1. The monoisotopic (exact) mass is 485 g/mol. The van der Waals surface area contributed by atoms with Crippen molar-refractivity contribution < 1.29 is 22.4 Å². The second-order valence-electron chi connectivity index (χ2n) is 7.02. The molecule has 4 aromatic rings. The van der Waals surface area contributed by atoms with Crippen molar-refractivity contribution in [2.75, 3.05) is 10.8 Å². The lowest BCUT2D eigenvalue weighted by Gasteiger charge is -2.18. The molecule has 34 heavy (non-hydrogen) atoms. The number of benzene rings is 2. The first-order valence-electron chi connectivity index (χ1n) is 10.0. The maximum atomic E-state index is 13.2. The minimum Gasteiger partial charge on any atom is -0.467 e. The van der Waals surface area contributed by atoms with Crippen LogP contribution in [0.4, 0.5) is 18.9 Å². The van der Waals surface area contributed by atoms with Crippen molar-refractivity contribution in [3.8, 4) is 0 Å². The van der Waals surface area contributed by atoms with E-state index in [-0.39, 0.29) is 11.4 Å². The number of nitrogens with zero attached hydrogens (tertiary/aromatic N) is 5. The average molecular weight is 485 g/mol. The zero-order chi connectivity index (χ0) is 24.0. The molecule has 0 radical (unpaired) electrons. The predicted molar refractivity (Wildman–Crippen MR) is 122 cm³/mol. The van der Waals surface area contributed by atoms with E-state index >= 15 is 0 Å². The number of rotatable bonds is 8. The van der Waals surface area contributed by atoms with Crippen molar-refractivity contribution in [2.45, 2.75) is 17.9 Å². The molecule has 174 valence electrons. The number of aromatic nitrogens is 3. The van der Waals surface area contributed by atoms with Crippen LogP contribution in [-0.4, -0.2) is 32.6 Å². The summed E-state index contributed by atoms with van der Waals surface area (Å²) in [5, 5.41) is 13.5. The highest BCUT2D eigenvalue weighted by molar-refractivity contribution is 7.99. The molecule has 2 heterocycles. The molecule has 0 N–H and O–H groups in total. The van der Waals surface area contributed by atoms with Crippen LogP contribution in [0.15, 0.2) is 94.0 Å². The summed E-state index contributed by atoms with van der Waals surface area (Å²) in [6.07, 6.45) is -0.0751. The lowest BCUT2D eigenvalue weighted by atomic mass is 10.2. The van der Waals surface area contributed by atoms with E-state index in [9.17, 15) is 18.0 Å². The summed E-state index contributed by atoms with van der Waals surface area (Å²) in [5.41, 5.74) is -0.175. The van der Waals surface area contributed by atoms with Gasteiger partial charge < -0.3 is 8.98 Å². The van der Waals surface area contributed by atoms with Gasteiger partial charge in [0.25, 0.3) is 5.91 Å². The van der Waals surface area contributed by atoms with Crippen LogP contribution in [0.25, 0.3) is 0 Å². The van der Waals surface area contributed by atoms with E-state index in [1.807, 2.05) is 6.07 Å². The number of carbonyl (C=O) groups excluding carboxylic acids is 1. The van der Waals surface area contributed by atoms with Crippen molar-refractivity contribution in [3.63, 3.8) is 0 Å². The smallest absolute Gasteiger partial charge is 0.416 e. The highest BCUT2D eigenvalue weighted by Gasteiger charge is 2.31. The highest BCUT2D eigenvalue weighted by atomic mass is 32.2. The molecular weight excluding hydrogens is 467 g/mol. The second kappa shape index (κ2) is 10.4. The van der Waals surface area contributed by atoms with Gasteiger partial charge in [0.15, 0.2) is 5.16 Å². The van der Waals surface area contributed by atoms with Gasteiger partial charge in [-0.1, -0.05) is 48.2 Å². The van der Waals surface area contributed by atoms with Gasteiger partial charge >= 0.3 is 6.18 Å². The molecule has 0 aliphatic carbocycles. The molecule has 1 amide bonds. The van der Waals surface area contributed by atoms with Gasteiger partial charge in [-0.05, 0) is 35.9 Å². The maximum absolute atomic E-state index is 13.2. The predicted octanol–water partition coefficient (Wildman–Crippen LogP) is 5.10. The van der Waals surface area contributed by atoms with Crippen LogP contribution in [0.1, 0.15) is 16.9 Å². The normalized spacial score (nSPS) is 11.7. The molecule has 4 rings (SSSR count). The largest absolute Gasteiger partial charge is 0.467 e. The summed E-state index contributed by atoms with van der Waals surface area (Å²) in [5.74, 6) is 0.0363. The van der Waals surface area contributed by atoms with Crippen molar-refractivity contribution in [3.05, 3.63) is 96.2 Å². The topological polar surface area (TPSA) is 76.5 Å². The first kappa shape index (κ1) is 23.3. The fourth-order valence-corrected chi connectivity index (χ4v) is 3.73. The van der Waals surface area contributed by atoms with E-state index in [4.69, 9.17) is 4.42 Å². The number of thioether (sulfide) groups is 1. The summed E-state index contributed by atoms with van der Waals surface area (Å²) in [6, 6.07) is 17.0. The van der Waals surface area contributed by atoms with Crippen molar-refractivity contribution in [1.29, 1.82) is 0 Å². The number of halogens is 3. The van der Waals surface area contributed by atoms with E-state index in [0.717, 1.165) is 28.9 Å². The third-order valence-electron chi connectivity index (χ3n) is 4.59. The number of furan rings is 1.